The highest BCUT2D eigenvalue weighted by Crippen LogP contribution is 2.25. The summed E-state index contributed by atoms with van der Waals surface area (Å²) in [5.74, 6) is 0.365. The molecule has 0 aliphatic rings. The minimum Gasteiger partial charge on any atom is -0.299 e. The SMILES string of the molecule is CCSc1nnc(NC(=O)CN(c2ccccc2)S(=O)(=O)N(C)C)s1. The lowest BCUT2D eigenvalue weighted by Gasteiger charge is -2.26. The van der Waals surface area contributed by atoms with Gasteiger partial charge in [0.25, 0.3) is 0 Å². The van der Waals surface area contributed by atoms with Gasteiger partial charge in [0.05, 0.1) is 5.69 Å². The standard InChI is InChI=1S/C14H19N5O3S3/c1-4-23-14-17-16-13(24-14)15-12(20)10-19(25(21,22)18(2)3)11-8-6-5-7-9-11/h5-9H,4,10H2,1-3H3,(H,15,16,20). The fourth-order valence-electron chi connectivity index (χ4n) is 1.83. The van der Waals surface area contributed by atoms with Crippen molar-refractivity contribution in [3.05, 3.63) is 30.3 Å². The van der Waals surface area contributed by atoms with Crippen molar-refractivity contribution in [1.29, 1.82) is 0 Å². The molecule has 2 aromatic rings. The summed E-state index contributed by atoms with van der Waals surface area (Å²) in [5, 5.41) is 10.8. The normalized spacial score (nSPS) is 11.5. The molecule has 1 amide bonds. The largest absolute Gasteiger partial charge is 0.304 e. The Hall–Kier alpha value is -1.69. The quantitative estimate of drug-likeness (QED) is 0.536. The number of hydrogen-bond donors (Lipinski definition) is 1. The van der Waals surface area contributed by atoms with E-state index in [9.17, 15) is 13.2 Å². The van der Waals surface area contributed by atoms with E-state index >= 15 is 0 Å². The molecule has 0 saturated carbocycles. The molecule has 25 heavy (non-hydrogen) atoms. The highest BCUT2D eigenvalue weighted by molar-refractivity contribution is 8.01. The van der Waals surface area contributed by atoms with Crippen LogP contribution in [0.25, 0.3) is 0 Å². The average Bonchev–Trinajstić information content (AvgIpc) is 3.00. The summed E-state index contributed by atoms with van der Waals surface area (Å²) in [6, 6.07) is 8.47. The molecular weight excluding hydrogens is 382 g/mol. The van der Waals surface area contributed by atoms with Gasteiger partial charge in [0, 0.05) is 14.1 Å². The van der Waals surface area contributed by atoms with E-state index in [0.717, 1.165) is 18.7 Å². The first-order valence-corrected chi connectivity index (χ1v) is 10.6. The summed E-state index contributed by atoms with van der Waals surface area (Å²) in [4.78, 5) is 12.3. The van der Waals surface area contributed by atoms with E-state index in [1.807, 2.05) is 6.92 Å². The van der Waals surface area contributed by atoms with E-state index < -0.39 is 16.1 Å². The first-order valence-electron chi connectivity index (χ1n) is 7.36. The number of aromatic nitrogens is 2. The molecule has 2 rings (SSSR count). The lowest BCUT2D eigenvalue weighted by Crippen LogP contribution is -2.44. The second-order valence-corrected chi connectivity index (χ2v) is 9.54. The molecule has 136 valence electrons. The zero-order chi connectivity index (χ0) is 18.4. The summed E-state index contributed by atoms with van der Waals surface area (Å²) in [6.07, 6.45) is 0. The Kier molecular flexibility index (Phi) is 6.76. The van der Waals surface area contributed by atoms with Crippen LogP contribution in [0.3, 0.4) is 0 Å². The number of carbonyl (C=O) groups excluding carboxylic acids is 1. The first-order chi connectivity index (χ1) is 11.8. The summed E-state index contributed by atoms with van der Waals surface area (Å²) in [6.45, 7) is 1.63. The van der Waals surface area contributed by atoms with E-state index in [1.54, 1.807) is 30.3 Å². The predicted octanol–water partition coefficient (Wildman–Crippen LogP) is 1.90. The summed E-state index contributed by atoms with van der Waals surface area (Å²) in [7, 11) is -0.976. The molecule has 11 heteroatoms. The van der Waals surface area contributed by atoms with Crippen molar-refractivity contribution >= 4 is 50.0 Å². The van der Waals surface area contributed by atoms with Gasteiger partial charge >= 0.3 is 10.2 Å². The number of carbonyl (C=O) groups is 1. The van der Waals surface area contributed by atoms with Crippen molar-refractivity contribution in [1.82, 2.24) is 14.5 Å². The molecule has 0 unspecified atom stereocenters. The van der Waals surface area contributed by atoms with Gasteiger partial charge in [-0.05, 0) is 17.9 Å². The molecule has 0 aliphatic carbocycles. The molecule has 0 fully saturated rings. The molecule has 1 aromatic carbocycles. The van der Waals surface area contributed by atoms with Crippen molar-refractivity contribution in [2.45, 2.75) is 11.3 Å². The molecule has 0 bridgehead atoms. The van der Waals surface area contributed by atoms with Crippen LogP contribution >= 0.6 is 23.1 Å². The molecule has 1 heterocycles. The van der Waals surface area contributed by atoms with Gasteiger partial charge in [-0.25, -0.2) is 4.31 Å². The predicted molar refractivity (Wildman–Crippen MR) is 101 cm³/mol. The Balaban J connectivity index is 2.17. The number of anilines is 2. The third-order valence-corrected chi connectivity index (χ3v) is 6.67. The second kappa shape index (κ2) is 8.61. The van der Waals surface area contributed by atoms with Crippen LogP contribution in [-0.4, -0.2) is 55.2 Å². The molecule has 8 nitrogen and oxygen atoms in total. The minimum absolute atomic E-state index is 0.344. The maximum absolute atomic E-state index is 12.6. The number of nitrogens with one attached hydrogen (secondary N) is 1. The molecule has 0 radical (unpaired) electrons. The van der Waals surface area contributed by atoms with Crippen LogP contribution in [0.1, 0.15) is 6.92 Å². The summed E-state index contributed by atoms with van der Waals surface area (Å²) >= 11 is 2.78. The fraction of sp³-hybridized carbons (Fsp3) is 0.357. The third kappa shape index (κ3) is 5.14. The van der Waals surface area contributed by atoms with Gasteiger partial charge < -0.3 is 0 Å². The van der Waals surface area contributed by atoms with E-state index in [2.05, 4.69) is 15.5 Å². The Bertz CT molecular complexity index is 808. The number of thioether (sulfide) groups is 1. The Morgan fingerprint density at radius 2 is 1.92 bits per heavy atom. The maximum atomic E-state index is 12.6. The van der Waals surface area contributed by atoms with Crippen molar-refractivity contribution < 1.29 is 13.2 Å². The van der Waals surface area contributed by atoms with Gasteiger partial charge in [-0.15, -0.1) is 10.2 Å². The Morgan fingerprint density at radius 1 is 1.24 bits per heavy atom. The maximum Gasteiger partial charge on any atom is 0.304 e. The van der Waals surface area contributed by atoms with E-state index in [1.165, 1.54) is 37.2 Å². The molecule has 0 spiro atoms. The zero-order valence-corrected chi connectivity index (χ0v) is 16.5. The summed E-state index contributed by atoms with van der Waals surface area (Å²) in [5.41, 5.74) is 0.408. The monoisotopic (exact) mass is 401 g/mol. The summed E-state index contributed by atoms with van der Waals surface area (Å²) < 4.78 is 28.0. The molecule has 0 saturated heterocycles. The van der Waals surface area contributed by atoms with Gasteiger partial charge in [-0.2, -0.15) is 12.7 Å². The topological polar surface area (TPSA) is 95.5 Å². The van der Waals surface area contributed by atoms with Crippen LogP contribution in [0.2, 0.25) is 0 Å². The second-order valence-electron chi connectivity index (χ2n) is 4.99. The average molecular weight is 402 g/mol. The van der Waals surface area contributed by atoms with Crippen molar-refractivity contribution in [3.8, 4) is 0 Å². The lowest BCUT2D eigenvalue weighted by atomic mass is 10.3. The molecule has 0 atom stereocenters. The van der Waals surface area contributed by atoms with Crippen LogP contribution in [0.4, 0.5) is 10.8 Å². The van der Waals surface area contributed by atoms with Crippen LogP contribution in [-0.2, 0) is 15.0 Å². The van der Waals surface area contributed by atoms with Gasteiger partial charge in [-0.3, -0.25) is 10.1 Å². The fourth-order valence-corrected chi connectivity index (χ4v) is 4.56. The zero-order valence-electron chi connectivity index (χ0n) is 14.0. The van der Waals surface area contributed by atoms with Crippen LogP contribution in [0.15, 0.2) is 34.7 Å². The van der Waals surface area contributed by atoms with Crippen molar-refractivity contribution in [2.24, 2.45) is 0 Å². The van der Waals surface area contributed by atoms with Crippen molar-refractivity contribution in [2.75, 3.05) is 36.0 Å². The van der Waals surface area contributed by atoms with Crippen LogP contribution in [0.5, 0.6) is 0 Å². The molecule has 1 N–H and O–H groups in total. The van der Waals surface area contributed by atoms with Gasteiger partial charge in [0.2, 0.25) is 11.0 Å². The minimum atomic E-state index is -3.81. The molecular formula is C14H19N5O3S3. The number of para-hydroxylation sites is 1. The molecule has 1 aromatic heterocycles. The van der Waals surface area contributed by atoms with Gasteiger partial charge in [0.15, 0.2) is 4.34 Å². The highest BCUT2D eigenvalue weighted by Gasteiger charge is 2.27. The third-order valence-electron chi connectivity index (χ3n) is 2.99. The van der Waals surface area contributed by atoms with Crippen LogP contribution < -0.4 is 9.62 Å². The van der Waals surface area contributed by atoms with E-state index in [0.29, 0.717) is 10.8 Å². The van der Waals surface area contributed by atoms with Gasteiger partial charge in [-0.1, -0.05) is 48.2 Å². The number of amides is 1. The Labute approximate surface area is 155 Å². The Morgan fingerprint density at radius 3 is 2.52 bits per heavy atom. The number of rotatable bonds is 8. The first kappa shape index (κ1) is 19.6. The molecule has 0 aliphatic heterocycles. The van der Waals surface area contributed by atoms with Crippen molar-refractivity contribution in [3.63, 3.8) is 0 Å². The van der Waals surface area contributed by atoms with E-state index in [4.69, 9.17) is 0 Å². The number of benzene rings is 1. The number of hydrogen-bond acceptors (Lipinski definition) is 7. The lowest BCUT2D eigenvalue weighted by molar-refractivity contribution is -0.114. The smallest absolute Gasteiger partial charge is 0.299 e. The van der Waals surface area contributed by atoms with E-state index in [-0.39, 0.29) is 6.54 Å². The highest BCUT2D eigenvalue weighted by atomic mass is 32.2. The number of nitrogens with zero attached hydrogens (tertiary/aromatic N) is 4. The van der Waals surface area contributed by atoms with Crippen LogP contribution in [0, 0.1) is 0 Å². The van der Waals surface area contributed by atoms with Gasteiger partial charge in [0.1, 0.15) is 6.54 Å².